The molecule has 4 heteroatoms. The first kappa shape index (κ1) is 11.8. The minimum absolute atomic E-state index is 0.00745. The highest BCUT2D eigenvalue weighted by molar-refractivity contribution is 6.31. The molecule has 1 N–H and O–H groups in total. The van der Waals surface area contributed by atoms with Gasteiger partial charge in [-0.25, -0.2) is 4.39 Å². The van der Waals surface area contributed by atoms with Crippen molar-refractivity contribution < 1.29 is 14.2 Å². The third-order valence-corrected chi connectivity index (χ3v) is 3.37. The lowest BCUT2D eigenvalue weighted by Crippen LogP contribution is -2.33. The molecule has 1 aliphatic rings. The van der Waals surface area contributed by atoms with Crippen molar-refractivity contribution >= 4 is 11.6 Å². The summed E-state index contributed by atoms with van der Waals surface area (Å²) in [6, 6.07) is 4.75. The molecule has 2 nitrogen and oxygen atoms in total. The van der Waals surface area contributed by atoms with E-state index in [1.807, 2.05) is 0 Å². The molecule has 1 fully saturated rings. The van der Waals surface area contributed by atoms with Crippen molar-refractivity contribution in [1.29, 1.82) is 0 Å². The Bertz CT molecular complexity index is 370. The van der Waals surface area contributed by atoms with Gasteiger partial charge >= 0.3 is 0 Å². The van der Waals surface area contributed by atoms with Crippen LogP contribution in [0, 0.1) is 11.7 Å². The topological polar surface area (TPSA) is 29.5 Å². The molecule has 1 aromatic carbocycles. The van der Waals surface area contributed by atoms with E-state index in [4.69, 9.17) is 16.3 Å². The molecule has 0 aliphatic carbocycles. The second-order valence-electron chi connectivity index (χ2n) is 4.11. The molecule has 1 heterocycles. The summed E-state index contributed by atoms with van der Waals surface area (Å²) in [6.45, 7) is 1.10. The molecule has 0 saturated carbocycles. The van der Waals surface area contributed by atoms with Crippen LogP contribution in [0.3, 0.4) is 0 Å². The van der Waals surface area contributed by atoms with Crippen molar-refractivity contribution in [1.82, 2.24) is 0 Å². The monoisotopic (exact) mass is 244 g/mol. The van der Waals surface area contributed by atoms with Gasteiger partial charge in [0.25, 0.3) is 0 Å². The van der Waals surface area contributed by atoms with Gasteiger partial charge in [0.15, 0.2) is 0 Å². The number of hydrogen-bond donors (Lipinski definition) is 1. The Hall–Kier alpha value is -0.640. The fraction of sp³-hybridized carbons (Fsp3) is 0.500. The Morgan fingerprint density at radius 3 is 3.06 bits per heavy atom. The van der Waals surface area contributed by atoms with Crippen LogP contribution in [0.25, 0.3) is 0 Å². The van der Waals surface area contributed by atoms with Crippen molar-refractivity contribution in [2.24, 2.45) is 5.92 Å². The van der Waals surface area contributed by atoms with Crippen LogP contribution in [0.1, 0.15) is 12.0 Å². The van der Waals surface area contributed by atoms with E-state index in [0.29, 0.717) is 26.1 Å². The molecule has 1 aliphatic heterocycles. The number of rotatable bonds is 2. The average molecular weight is 245 g/mol. The van der Waals surface area contributed by atoms with Gasteiger partial charge < -0.3 is 9.84 Å². The highest BCUT2D eigenvalue weighted by Crippen LogP contribution is 2.25. The van der Waals surface area contributed by atoms with Gasteiger partial charge in [-0.3, -0.25) is 0 Å². The van der Waals surface area contributed by atoms with Crippen LogP contribution in [0.5, 0.6) is 0 Å². The predicted molar refractivity (Wildman–Crippen MR) is 60.0 cm³/mol. The number of halogens is 2. The summed E-state index contributed by atoms with van der Waals surface area (Å²) in [4.78, 5) is 0. The molecule has 2 atom stereocenters. The first-order valence-electron chi connectivity index (χ1n) is 5.37. The van der Waals surface area contributed by atoms with E-state index in [1.165, 1.54) is 6.07 Å². The van der Waals surface area contributed by atoms with Crippen molar-refractivity contribution in [2.45, 2.75) is 18.9 Å². The Morgan fingerprint density at radius 2 is 2.31 bits per heavy atom. The van der Waals surface area contributed by atoms with E-state index in [1.54, 1.807) is 12.1 Å². The SMILES string of the molecule is OC1CCOCC1Cc1cccc(F)c1Cl. The van der Waals surface area contributed by atoms with Crippen molar-refractivity contribution in [3.63, 3.8) is 0 Å². The molecule has 0 aromatic heterocycles. The van der Waals surface area contributed by atoms with Crippen molar-refractivity contribution in [3.05, 3.63) is 34.6 Å². The summed E-state index contributed by atoms with van der Waals surface area (Å²) in [5.74, 6) is -0.404. The van der Waals surface area contributed by atoms with Gasteiger partial charge in [0.2, 0.25) is 0 Å². The normalized spacial score (nSPS) is 25.7. The van der Waals surface area contributed by atoms with Crippen LogP contribution in [-0.4, -0.2) is 24.4 Å². The summed E-state index contributed by atoms with van der Waals surface area (Å²) in [5, 5.41) is 9.93. The van der Waals surface area contributed by atoms with Gasteiger partial charge in [-0.2, -0.15) is 0 Å². The maximum Gasteiger partial charge on any atom is 0.142 e. The van der Waals surface area contributed by atoms with Crippen LogP contribution in [-0.2, 0) is 11.2 Å². The van der Waals surface area contributed by atoms with Crippen molar-refractivity contribution in [3.8, 4) is 0 Å². The number of ether oxygens (including phenoxy) is 1. The molecule has 0 bridgehead atoms. The summed E-state index contributed by atoms with van der Waals surface area (Å²) < 4.78 is 18.5. The van der Waals surface area contributed by atoms with Gasteiger partial charge in [0.05, 0.1) is 17.7 Å². The summed E-state index contributed by atoms with van der Waals surface area (Å²) in [7, 11) is 0. The molecule has 0 amide bonds. The predicted octanol–water partition coefficient (Wildman–Crippen LogP) is 2.42. The van der Waals surface area contributed by atoms with E-state index in [-0.39, 0.29) is 17.0 Å². The van der Waals surface area contributed by atoms with Crippen LogP contribution in [0.4, 0.5) is 4.39 Å². The Balaban J connectivity index is 2.10. The van der Waals surface area contributed by atoms with Gasteiger partial charge in [0, 0.05) is 12.5 Å². The molecule has 0 spiro atoms. The average Bonchev–Trinajstić information content (AvgIpc) is 2.28. The number of aliphatic hydroxyl groups is 1. The minimum atomic E-state index is -0.412. The van der Waals surface area contributed by atoms with E-state index in [2.05, 4.69) is 0 Å². The maximum absolute atomic E-state index is 13.2. The van der Waals surface area contributed by atoms with E-state index in [9.17, 15) is 9.50 Å². The number of hydrogen-bond acceptors (Lipinski definition) is 2. The zero-order valence-electron chi connectivity index (χ0n) is 8.83. The highest BCUT2D eigenvalue weighted by atomic mass is 35.5. The fourth-order valence-electron chi connectivity index (χ4n) is 1.97. The van der Waals surface area contributed by atoms with Crippen molar-refractivity contribution in [2.75, 3.05) is 13.2 Å². The Morgan fingerprint density at radius 1 is 1.50 bits per heavy atom. The summed E-state index contributed by atoms with van der Waals surface area (Å²) in [6.07, 6.45) is 0.808. The molecule has 2 unspecified atom stereocenters. The van der Waals surface area contributed by atoms with Crippen LogP contribution < -0.4 is 0 Å². The number of benzene rings is 1. The standard InChI is InChI=1S/C12H14ClFO2/c13-12-8(2-1-3-10(12)14)6-9-7-16-5-4-11(9)15/h1-3,9,11,15H,4-7H2. The second kappa shape index (κ2) is 5.13. The molecule has 88 valence electrons. The second-order valence-corrected chi connectivity index (χ2v) is 4.49. The Labute approximate surface area is 99.0 Å². The lowest BCUT2D eigenvalue weighted by atomic mass is 9.91. The number of aliphatic hydroxyl groups excluding tert-OH is 1. The van der Waals surface area contributed by atoms with E-state index < -0.39 is 5.82 Å². The first-order chi connectivity index (χ1) is 7.68. The quantitative estimate of drug-likeness (QED) is 0.866. The summed E-state index contributed by atoms with van der Waals surface area (Å²) >= 11 is 5.86. The lowest BCUT2D eigenvalue weighted by molar-refractivity contribution is -0.0350. The first-order valence-corrected chi connectivity index (χ1v) is 5.75. The summed E-state index contributed by atoms with van der Waals surface area (Å²) in [5.41, 5.74) is 0.733. The third-order valence-electron chi connectivity index (χ3n) is 2.95. The lowest BCUT2D eigenvalue weighted by Gasteiger charge is -2.28. The smallest absolute Gasteiger partial charge is 0.142 e. The van der Waals surface area contributed by atoms with Gasteiger partial charge in [-0.05, 0) is 24.5 Å². The van der Waals surface area contributed by atoms with Gasteiger partial charge in [-0.1, -0.05) is 23.7 Å². The Kier molecular flexibility index (Phi) is 3.79. The molecule has 1 saturated heterocycles. The third kappa shape index (κ3) is 2.54. The van der Waals surface area contributed by atoms with E-state index >= 15 is 0 Å². The zero-order valence-corrected chi connectivity index (χ0v) is 9.58. The van der Waals surface area contributed by atoms with Gasteiger partial charge in [0.1, 0.15) is 5.82 Å². The van der Waals surface area contributed by atoms with Crippen LogP contribution in [0.2, 0.25) is 5.02 Å². The molecule has 0 radical (unpaired) electrons. The largest absolute Gasteiger partial charge is 0.393 e. The van der Waals surface area contributed by atoms with Crippen LogP contribution >= 0.6 is 11.6 Å². The molecule has 2 rings (SSSR count). The maximum atomic E-state index is 13.2. The molecular weight excluding hydrogens is 231 g/mol. The zero-order chi connectivity index (χ0) is 11.5. The highest BCUT2D eigenvalue weighted by Gasteiger charge is 2.24. The van der Waals surface area contributed by atoms with E-state index in [0.717, 1.165) is 5.56 Å². The fourth-order valence-corrected chi connectivity index (χ4v) is 2.17. The molecule has 1 aromatic rings. The van der Waals surface area contributed by atoms with Gasteiger partial charge in [-0.15, -0.1) is 0 Å². The molecular formula is C12H14ClFO2. The van der Waals surface area contributed by atoms with Crippen LogP contribution in [0.15, 0.2) is 18.2 Å². The molecule has 16 heavy (non-hydrogen) atoms. The minimum Gasteiger partial charge on any atom is -0.393 e.